The van der Waals surface area contributed by atoms with Crippen LogP contribution in [-0.2, 0) is 16.1 Å². The lowest BCUT2D eigenvalue weighted by molar-refractivity contribution is -0.132. The third-order valence-corrected chi connectivity index (χ3v) is 3.71. The van der Waals surface area contributed by atoms with Crippen molar-refractivity contribution in [1.82, 2.24) is 10.2 Å². The van der Waals surface area contributed by atoms with Gasteiger partial charge in [-0.25, -0.2) is 0 Å². The van der Waals surface area contributed by atoms with Crippen LogP contribution in [0.25, 0.3) is 0 Å². The fraction of sp³-hybridized carbons (Fsp3) is 0.545. The Morgan fingerprint density at radius 1 is 1.33 bits per heavy atom. The minimum Gasteiger partial charge on any atom is -0.391 e. The van der Waals surface area contributed by atoms with Crippen LogP contribution in [0.5, 0.6) is 0 Å². The van der Waals surface area contributed by atoms with Crippen molar-refractivity contribution in [3.05, 3.63) is 35.4 Å². The molecule has 0 radical (unpaired) electrons. The molecule has 2 rings (SSSR count). The zero-order valence-electron chi connectivity index (χ0n) is 17.3. The minimum absolute atomic E-state index is 0.0463. The summed E-state index contributed by atoms with van der Waals surface area (Å²) < 4.78 is 0. The average molecular weight is 375 g/mol. The third-order valence-electron chi connectivity index (χ3n) is 3.71. The lowest BCUT2D eigenvalue weighted by Gasteiger charge is -2.22. The quantitative estimate of drug-likeness (QED) is 0.629. The summed E-state index contributed by atoms with van der Waals surface area (Å²) in [5.41, 5.74) is 1.94. The number of hydrogen-bond acceptors (Lipinski definition) is 3. The number of rotatable bonds is 4. The van der Waals surface area contributed by atoms with Crippen LogP contribution in [0.3, 0.4) is 0 Å². The zero-order valence-corrected chi connectivity index (χ0v) is 17.3. The summed E-state index contributed by atoms with van der Waals surface area (Å²) in [6.45, 7) is 11.9. The highest BCUT2D eigenvalue weighted by Gasteiger charge is 2.27. The van der Waals surface area contributed by atoms with Gasteiger partial charge in [0.25, 0.3) is 0 Å². The van der Waals surface area contributed by atoms with Gasteiger partial charge in [0.1, 0.15) is 0 Å². The first-order chi connectivity index (χ1) is 12.7. The Kier molecular flexibility index (Phi) is 11.8. The van der Waals surface area contributed by atoms with E-state index in [-0.39, 0.29) is 17.4 Å². The molecule has 1 unspecified atom stereocenters. The molecule has 1 aromatic carbocycles. The predicted molar refractivity (Wildman–Crippen MR) is 110 cm³/mol. The van der Waals surface area contributed by atoms with E-state index in [9.17, 15) is 14.7 Å². The van der Waals surface area contributed by atoms with E-state index >= 15 is 0 Å². The monoisotopic (exact) mass is 374 g/mol. The zero-order chi connectivity index (χ0) is 20.9. The van der Waals surface area contributed by atoms with Crippen molar-refractivity contribution < 1.29 is 14.7 Å². The van der Waals surface area contributed by atoms with E-state index in [0.29, 0.717) is 25.9 Å². The van der Waals surface area contributed by atoms with Crippen LogP contribution in [0, 0.1) is 17.8 Å². The SMILES string of the molecule is C#Cc1ccc(CNC=O)cc1.CC.CC(C)(C)CC(=O)N1CCC(O)C1. The largest absolute Gasteiger partial charge is 0.391 e. The molecule has 150 valence electrons. The predicted octanol–water partition coefficient (Wildman–Crippen LogP) is 2.96. The van der Waals surface area contributed by atoms with Gasteiger partial charge in [-0.05, 0) is 29.5 Å². The van der Waals surface area contributed by atoms with Gasteiger partial charge in [-0.15, -0.1) is 6.42 Å². The number of carbonyl (C=O) groups is 2. The van der Waals surface area contributed by atoms with Crippen LogP contribution in [0.2, 0.25) is 0 Å². The van der Waals surface area contributed by atoms with Gasteiger partial charge in [-0.2, -0.15) is 0 Å². The maximum absolute atomic E-state index is 11.6. The van der Waals surface area contributed by atoms with Gasteiger partial charge in [-0.1, -0.05) is 52.7 Å². The van der Waals surface area contributed by atoms with Crippen molar-refractivity contribution in [2.24, 2.45) is 5.41 Å². The van der Waals surface area contributed by atoms with E-state index in [1.54, 1.807) is 4.90 Å². The number of benzene rings is 1. The van der Waals surface area contributed by atoms with Gasteiger partial charge in [0.2, 0.25) is 12.3 Å². The van der Waals surface area contributed by atoms with E-state index in [2.05, 4.69) is 32.0 Å². The Bertz CT molecular complexity index is 597. The number of amides is 2. The molecule has 2 amide bonds. The molecule has 27 heavy (non-hydrogen) atoms. The normalized spacial score (nSPS) is 15.4. The number of nitrogens with one attached hydrogen (secondary N) is 1. The molecule has 5 heteroatoms. The molecule has 0 aliphatic carbocycles. The highest BCUT2D eigenvalue weighted by atomic mass is 16.3. The summed E-state index contributed by atoms with van der Waals surface area (Å²) in [6.07, 6.45) is 6.85. The third kappa shape index (κ3) is 11.1. The number of terminal acetylenes is 1. The van der Waals surface area contributed by atoms with Gasteiger partial charge in [0.05, 0.1) is 6.10 Å². The number of carbonyl (C=O) groups excluding carboxylic acids is 2. The van der Waals surface area contributed by atoms with Crippen LogP contribution < -0.4 is 5.32 Å². The Morgan fingerprint density at radius 3 is 2.33 bits per heavy atom. The van der Waals surface area contributed by atoms with Crippen molar-refractivity contribution >= 4 is 12.3 Å². The van der Waals surface area contributed by atoms with Gasteiger partial charge in [0.15, 0.2) is 0 Å². The molecule has 2 N–H and O–H groups in total. The first-order valence-corrected chi connectivity index (χ1v) is 9.43. The fourth-order valence-corrected chi connectivity index (χ4v) is 2.41. The summed E-state index contributed by atoms with van der Waals surface area (Å²) in [5.74, 6) is 2.69. The maximum atomic E-state index is 11.6. The molecule has 0 aromatic heterocycles. The standard InChI is InChI=1S/C10H19NO2.C10H9NO.C2H6/c1-10(2,3)6-9(13)11-5-4-8(12)7-11;1-2-9-3-5-10(6-4-9)7-11-8-12;1-2/h8,12H,4-7H2,1-3H3;1,3-6,8H,7H2,(H,11,12);1-2H3. The number of β-amino-alcohol motifs (C(OH)–C–C–N with tert-alkyl or cyclic N) is 1. The molecular formula is C22H34N2O3. The topological polar surface area (TPSA) is 69.6 Å². The summed E-state index contributed by atoms with van der Waals surface area (Å²) in [7, 11) is 0. The molecule has 1 aromatic rings. The summed E-state index contributed by atoms with van der Waals surface area (Å²) in [6, 6.07) is 7.49. The Morgan fingerprint density at radius 2 is 1.93 bits per heavy atom. The van der Waals surface area contributed by atoms with Crippen molar-refractivity contribution in [3.8, 4) is 12.3 Å². The van der Waals surface area contributed by atoms with Gasteiger partial charge in [0, 0.05) is 31.6 Å². The second kappa shape index (κ2) is 12.9. The molecule has 0 saturated carbocycles. The number of aliphatic hydroxyl groups is 1. The molecular weight excluding hydrogens is 340 g/mol. The highest BCUT2D eigenvalue weighted by Crippen LogP contribution is 2.21. The van der Waals surface area contributed by atoms with Crippen LogP contribution in [0.15, 0.2) is 24.3 Å². The van der Waals surface area contributed by atoms with Crippen molar-refractivity contribution in [3.63, 3.8) is 0 Å². The number of aliphatic hydroxyl groups excluding tert-OH is 1. The number of nitrogens with zero attached hydrogens (tertiary/aromatic N) is 1. The first-order valence-electron chi connectivity index (χ1n) is 9.43. The molecule has 0 spiro atoms. The van der Waals surface area contributed by atoms with E-state index in [1.807, 2.05) is 38.1 Å². The smallest absolute Gasteiger partial charge is 0.223 e. The Hall–Kier alpha value is -2.32. The molecule has 1 aliphatic rings. The van der Waals surface area contributed by atoms with Crippen molar-refractivity contribution in [2.75, 3.05) is 13.1 Å². The minimum atomic E-state index is -0.302. The van der Waals surface area contributed by atoms with Crippen LogP contribution in [0.4, 0.5) is 0 Å². The molecule has 1 aliphatic heterocycles. The van der Waals surface area contributed by atoms with Gasteiger partial charge in [-0.3, -0.25) is 9.59 Å². The van der Waals surface area contributed by atoms with Gasteiger partial charge < -0.3 is 15.3 Å². The van der Waals surface area contributed by atoms with E-state index < -0.39 is 0 Å². The molecule has 1 atom stereocenters. The highest BCUT2D eigenvalue weighted by molar-refractivity contribution is 5.77. The lowest BCUT2D eigenvalue weighted by Crippen LogP contribution is -2.32. The van der Waals surface area contributed by atoms with Crippen LogP contribution in [0.1, 0.15) is 58.6 Å². The Balaban J connectivity index is 0.000000460. The summed E-state index contributed by atoms with van der Waals surface area (Å²) >= 11 is 0. The van der Waals surface area contributed by atoms with Crippen molar-refractivity contribution in [1.29, 1.82) is 0 Å². The molecule has 1 fully saturated rings. The number of hydrogen-bond donors (Lipinski definition) is 2. The van der Waals surface area contributed by atoms with E-state index in [0.717, 1.165) is 24.1 Å². The summed E-state index contributed by atoms with van der Waals surface area (Å²) in [5, 5.41) is 11.8. The van der Waals surface area contributed by atoms with Crippen LogP contribution in [-0.4, -0.2) is 41.5 Å². The fourth-order valence-electron chi connectivity index (χ4n) is 2.41. The molecule has 5 nitrogen and oxygen atoms in total. The van der Waals surface area contributed by atoms with E-state index in [4.69, 9.17) is 6.42 Å². The van der Waals surface area contributed by atoms with Crippen molar-refractivity contribution in [2.45, 2.75) is 60.1 Å². The molecule has 1 saturated heterocycles. The Labute approximate surface area is 164 Å². The number of likely N-dealkylation sites (tertiary alicyclic amines) is 1. The van der Waals surface area contributed by atoms with Gasteiger partial charge >= 0.3 is 0 Å². The lowest BCUT2D eigenvalue weighted by atomic mass is 9.92. The molecule has 1 heterocycles. The van der Waals surface area contributed by atoms with Crippen LogP contribution >= 0.6 is 0 Å². The second-order valence-corrected chi connectivity index (χ2v) is 7.36. The maximum Gasteiger partial charge on any atom is 0.223 e. The first kappa shape index (κ1) is 24.7. The summed E-state index contributed by atoms with van der Waals surface area (Å²) in [4.78, 5) is 23.3. The second-order valence-electron chi connectivity index (χ2n) is 7.36. The van der Waals surface area contributed by atoms with E-state index in [1.165, 1.54) is 0 Å². The average Bonchev–Trinajstić information content (AvgIpc) is 3.08. The molecule has 0 bridgehead atoms.